The summed E-state index contributed by atoms with van der Waals surface area (Å²) in [7, 11) is 0. The van der Waals surface area contributed by atoms with Crippen LogP contribution >= 0.6 is 0 Å². The predicted molar refractivity (Wildman–Crippen MR) is 80.4 cm³/mol. The SMILES string of the molecule is CCCC1(C(=O)N2CCc3ccccc3C2)CCNC1. The molecule has 3 rings (SSSR count). The Morgan fingerprint density at radius 2 is 2.15 bits per heavy atom. The van der Waals surface area contributed by atoms with Crippen molar-refractivity contribution in [3.8, 4) is 0 Å². The fraction of sp³-hybridized carbons (Fsp3) is 0.588. The van der Waals surface area contributed by atoms with Crippen LogP contribution in [0.4, 0.5) is 0 Å². The number of hydrogen-bond donors (Lipinski definition) is 1. The van der Waals surface area contributed by atoms with Crippen molar-refractivity contribution in [3.05, 3.63) is 35.4 Å². The zero-order valence-corrected chi connectivity index (χ0v) is 12.3. The largest absolute Gasteiger partial charge is 0.338 e. The average molecular weight is 272 g/mol. The Morgan fingerprint density at radius 3 is 2.85 bits per heavy atom. The summed E-state index contributed by atoms with van der Waals surface area (Å²) in [4.78, 5) is 15.1. The maximum absolute atomic E-state index is 13.0. The molecule has 2 aliphatic rings. The molecule has 1 unspecified atom stereocenters. The van der Waals surface area contributed by atoms with Crippen molar-refractivity contribution in [3.63, 3.8) is 0 Å². The van der Waals surface area contributed by atoms with Gasteiger partial charge in [0, 0.05) is 19.6 Å². The Balaban J connectivity index is 1.78. The van der Waals surface area contributed by atoms with E-state index in [-0.39, 0.29) is 5.41 Å². The average Bonchev–Trinajstić information content (AvgIpc) is 2.96. The van der Waals surface area contributed by atoms with Gasteiger partial charge in [-0.1, -0.05) is 37.6 Å². The molecule has 1 amide bonds. The molecule has 0 bridgehead atoms. The zero-order chi connectivity index (χ0) is 14.0. The molecule has 0 aliphatic carbocycles. The standard InChI is InChI=1S/C17H24N2O/c1-2-8-17(9-10-18-13-17)16(20)19-11-7-14-5-3-4-6-15(14)12-19/h3-6,18H,2,7-13H2,1H3. The minimum atomic E-state index is -0.138. The van der Waals surface area contributed by atoms with Gasteiger partial charge in [-0.3, -0.25) is 4.79 Å². The molecule has 1 fully saturated rings. The number of hydrogen-bond acceptors (Lipinski definition) is 2. The summed E-state index contributed by atoms with van der Waals surface area (Å²) in [6.07, 6.45) is 4.09. The molecule has 0 aromatic heterocycles. The molecule has 1 aromatic rings. The summed E-state index contributed by atoms with van der Waals surface area (Å²) in [6.45, 7) is 5.69. The van der Waals surface area contributed by atoms with E-state index in [0.29, 0.717) is 5.91 Å². The lowest BCUT2D eigenvalue weighted by atomic mass is 9.80. The van der Waals surface area contributed by atoms with E-state index in [1.54, 1.807) is 0 Å². The van der Waals surface area contributed by atoms with Gasteiger partial charge < -0.3 is 10.2 Å². The van der Waals surface area contributed by atoms with Crippen molar-refractivity contribution >= 4 is 5.91 Å². The van der Waals surface area contributed by atoms with Gasteiger partial charge in [0.25, 0.3) is 0 Å². The molecule has 20 heavy (non-hydrogen) atoms. The molecule has 0 saturated carbocycles. The third-order valence-electron chi connectivity index (χ3n) is 4.84. The fourth-order valence-corrected chi connectivity index (χ4v) is 3.73. The first-order valence-corrected chi connectivity index (χ1v) is 7.82. The first kappa shape index (κ1) is 13.6. The predicted octanol–water partition coefficient (Wildman–Crippen LogP) is 2.35. The van der Waals surface area contributed by atoms with E-state index in [1.165, 1.54) is 11.1 Å². The van der Waals surface area contributed by atoms with Crippen molar-refractivity contribution in [1.82, 2.24) is 10.2 Å². The van der Waals surface area contributed by atoms with Gasteiger partial charge in [0.2, 0.25) is 5.91 Å². The Kier molecular flexibility index (Phi) is 3.79. The van der Waals surface area contributed by atoms with Crippen LogP contribution < -0.4 is 5.32 Å². The smallest absolute Gasteiger partial charge is 0.230 e. The molecule has 0 radical (unpaired) electrons. The minimum absolute atomic E-state index is 0.138. The number of rotatable bonds is 3. The molecule has 2 heterocycles. The number of nitrogens with zero attached hydrogens (tertiary/aromatic N) is 1. The highest BCUT2D eigenvalue weighted by atomic mass is 16.2. The quantitative estimate of drug-likeness (QED) is 0.916. The lowest BCUT2D eigenvalue weighted by Gasteiger charge is -2.36. The fourth-order valence-electron chi connectivity index (χ4n) is 3.73. The van der Waals surface area contributed by atoms with E-state index < -0.39 is 0 Å². The van der Waals surface area contributed by atoms with Crippen LogP contribution in [0.15, 0.2) is 24.3 Å². The van der Waals surface area contributed by atoms with Gasteiger partial charge in [0.05, 0.1) is 5.41 Å². The second-order valence-corrected chi connectivity index (χ2v) is 6.20. The summed E-state index contributed by atoms with van der Waals surface area (Å²) >= 11 is 0. The Hall–Kier alpha value is -1.35. The second-order valence-electron chi connectivity index (χ2n) is 6.20. The number of benzene rings is 1. The van der Waals surface area contributed by atoms with Crippen molar-refractivity contribution in [1.29, 1.82) is 0 Å². The van der Waals surface area contributed by atoms with Gasteiger partial charge in [-0.2, -0.15) is 0 Å². The number of nitrogens with one attached hydrogen (secondary N) is 1. The van der Waals surface area contributed by atoms with Crippen LogP contribution in [0.3, 0.4) is 0 Å². The molecular formula is C17H24N2O. The number of carbonyl (C=O) groups is 1. The molecule has 1 atom stereocenters. The van der Waals surface area contributed by atoms with Gasteiger partial charge in [-0.05, 0) is 36.9 Å². The van der Waals surface area contributed by atoms with E-state index in [0.717, 1.165) is 51.9 Å². The third kappa shape index (κ3) is 2.35. The Morgan fingerprint density at radius 1 is 1.35 bits per heavy atom. The summed E-state index contributed by atoms with van der Waals surface area (Å²) in [5, 5.41) is 3.39. The highest BCUT2D eigenvalue weighted by Gasteiger charge is 2.43. The van der Waals surface area contributed by atoms with E-state index in [4.69, 9.17) is 0 Å². The van der Waals surface area contributed by atoms with Gasteiger partial charge >= 0.3 is 0 Å². The van der Waals surface area contributed by atoms with Crippen molar-refractivity contribution in [2.24, 2.45) is 5.41 Å². The Bertz CT molecular complexity index is 492. The van der Waals surface area contributed by atoms with Gasteiger partial charge in [-0.25, -0.2) is 0 Å². The monoisotopic (exact) mass is 272 g/mol. The first-order valence-electron chi connectivity index (χ1n) is 7.82. The zero-order valence-electron chi connectivity index (χ0n) is 12.3. The number of fused-ring (bicyclic) bond motifs is 1. The Labute approximate surface area is 121 Å². The van der Waals surface area contributed by atoms with E-state index in [1.807, 2.05) is 0 Å². The van der Waals surface area contributed by atoms with Crippen molar-refractivity contribution in [2.75, 3.05) is 19.6 Å². The second kappa shape index (κ2) is 5.57. The van der Waals surface area contributed by atoms with E-state index >= 15 is 0 Å². The lowest BCUT2D eigenvalue weighted by molar-refractivity contribution is -0.142. The summed E-state index contributed by atoms with van der Waals surface area (Å²) in [6, 6.07) is 8.52. The van der Waals surface area contributed by atoms with Crippen LogP contribution in [-0.4, -0.2) is 30.4 Å². The van der Waals surface area contributed by atoms with E-state index in [2.05, 4.69) is 41.4 Å². The normalized spacial score (nSPS) is 25.6. The molecule has 108 valence electrons. The van der Waals surface area contributed by atoms with Gasteiger partial charge in [0.15, 0.2) is 0 Å². The van der Waals surface area contributed by atoms with Crippen LogP contribution in [0.25, 0.3) is 0 Å². The molecule has 3 heteroatoms. The first-order chi connectivity index (χ1) is 9.75. The third-order valence-corrected chi connectivity index (χ3v) is 4.84. The van der Waals surface area contributed by atoms with Crippen molar-refractivity contribution in [2.45, 2.75) is 39.2 Å². The highest BCUT2D eigenvalue weighted by Crippen LogP contribution is 2.34. The molecule has 0 spiro atoms. The van der Waals surface area contributed by atoms with Crippen LogP contribution in [0, 0.1) is 5.41 Å². The maximum atomic E-state index is 13.0. The molecule has 1 saturated heterocycles. The minimum Gasteiger partial charge on any atom is -0.338 e. The maximum Gasteiger partial charge on any atom is 0.230 e. The summed E-state index contributed by atoms with van der Waals surface area (Å²) in [5.41, 5.74) is 2.59. The molecular weight excluding hydrogens is 248 g/mol. The van der Waals surface area contributed by atoms with Crippen LogP contribution in [-0.2, 0) is 17.8 Å². The highest BCUT2D eigenvalue weighted by molar-refractivity contribution is 5.83. The molecule has 1 aromatic carbocycles. The van der Waals surface area contributed by atoms with E-state index in [9.17, 15) is 4.79 Å². The number of amides is 1. The van der Waals surface area contributed by atoms with Crippen LogP contribution in [0.1, 0.15) is 37.3 Å². The topological polar surface area (TPSA) is 32.3 Å². The van der Waals surface area contributed by atoms with Gasteiger partial charge in [-0.15, -0.1) is 0 Å². The molecule has 1 N–H and O–H groups in total. The molecule has 2 aliphatic heterocycles. The van der Waals surface area contributed by atoms with Crippen molar-refractivity contribution < 1.29 is 4.79 Å². The van der Waals surface area contributed by atoms with Crippen LogP contribution in [0.5, 0.6) is 0 Å². The summed E-state index contributed by atoms with van der Waals surface area (Å²) in [5.74, 6) is 0.374. The van der Waals surface area contributed by atoms with Crippen LogP contribution in [0.2, 0.25) is 0 Å². The van der Waals surface area contributed by atoms with Gasteiger partial charge in [0.1, 0.15) is 0 Å². The lowest BCUT2D eigenvalue weighted by Crippen LogP contribution is -2.47. The summed E-state index contributed by atoms with van der Waals surface area (Å²) < 4.78 is 0. The molecule has 3 nitrogen and oxygen atoms in total. The number of carbonyl (C=O) groups excluding carboxylic acids is 1.